The van der Waals surface area contributed by atoms with E-state index >= 15 is 0 Å². The van der Waals surface area contributed by atoms with Crippen molar-refractivity contribution >= 4 is 17.7 Å². The van der Waals surface area contributed by atoms with Gasteiger partial charge in [-0.25, -0.2) is 4.79 Å². The van der Waals surface area contributed by atoms with E-state index in [1.54, 1.807) is 0 Å². The van der Waals surface area contributed by atoms with Gasteiger partial charge in [0.1, 0.15) is 0 Å². The van der Waals surface area contributed by atoms with Crippen LogP contribution in [0.2, 0.25) is 0 Å². The number of hydrogen-bond donors (Lipinski definition) is 0. The topological polar surface area (TPSA) is 65.0 Å². The molecule has 0 N–H and O–H groups in total. The molecule has 0 radical (unpaired) electrons. The molecule has 1 aliphatic carbocycles. The number of methoxy groups -OCH3 is 1. The number of rotatable bonds is 6. The van der Waals surface area contributed by atoms with E-state index in [0.29, 0.717) is 12.1 Å². The van der Waals surface area contributed by atoms with Crippen molar-refractivity contribution in [1.29, 1.82) is 0 Å². The average Bonchev–Trinajstić information content (AvgIpc) is 2.44. The van der Waals surface area contributed by atoms with Gasteiger partial charge in [0.25, 0.3) is 0 Å². The van der Waals surface area contributed by atoms with Gasteiger partial charge in [-0.15, -0.1) is 0 Å². The van der Waals surface area contributed by atoms with Crippen molar-refractivity contribution in [2.75, 3.05) is 7.11 Å². The van der Waals surface area contributed by atoms with Gasteiger partial charge in [0.2, 0.25) is 0 Å². The predicted molar refractivity (Wildman–Crippen MR) is 80.7 cm³/mol. The number of oxime groups is 1. The van der Waals surface area contributed by atoms with Crippen molar-refractivity contribution in [3.8, 4) is 0 Å². The summed E-state index contributed by atoms with van der Waals surface area (Å²) in [5, 5.41) is 3.87. The molecule has 0 aromatic heterocycles. The molecule has 0 spiro atoms. The minimum Gasteiger partial charge on any atom is -0.469 e. The molecule has 0 saturated carbocycles. The maximum atomic E-state index is 12.0. The van der Waals surface area contributed by atoms with Crippen LogP contribution in [-0.2, 0) is 19.2 Å². The van der Waals surface area contributed by atoms with Crippen LogP contribution in [0.15, 0.2) is 16.8 Å². The van der Waals surface area contributed by atoms with E-state index in [1.807, 2.05) is 13.0 Å². The predicted octanol–water partition coefficient (Wildman–Crippen LogP) is 3.24. The van der Waals surface area contributed by atoms with Crippen LogP contribution in [0.3, 0.4) is 0 Å². The lowest BCUT2D eigenvalue weighted by Crippen LogP contribution is -2.31. The summed E-state index contributed by atoms with van der Waals surface area (Å²) in [5.41, 5.74) is 1.63. The van der Waals surface area contributed by atoms with Crippen molar-refractivity contribution in [3.05, 3.63) is 11.6 Å². The van der Waals surface area contributed by atoms with Crippen LogP contribution >= 0.6 is 0 Å². The summed E-state index contributed by atoms with van der Waals surface area (Å²) in [7, 11) is 1.42. The third kappa shape index (κ3) is 5.33. The molecule has 0 aliphatic heterocycles. The summed E-state index contributed by atoms with van der Waals surface area (Å²) in [4.78, 5) is 27.6. The van der Waals surface area contributed by atoms with Gasteiger partial charge in [-0.05, 0) is 31.8 Å². The minimum absolute atomic E-state index is 0.156. The van der Waals surface area contributed by atoms with E-state index in [2.05, 4.69) is 12.1 Å². The first kappa shape index (κ1) is 17.4. The minimum atomic E-state index is -0.439. The lowest BCUT2D eigenvalue weighted by Gasteiger charge is -2.29. The molecule has 5 heteroatoms. The van der Waals surface area contributed by atoms with Gasteiger partial charge in [0.15, 0.2) is 0 Å². The van der Waals surface area contributed by atoms with E-state index in [4.69, 9.17) is 9.57 Å². The van der Waals surface area contributed by atoms with E-state index in [0.717, 1.165) is 31.3 Å². The summed E-state index contributed by atoms with van der Waals surface area (Å²) in [6.45, 7) is 5.37. The van der Waals surface area contributed by atoms with Gasteiger partial charge in [-0.1, -0.05) is 36.9 Å². The molecule has 2 atom stereocenters. The molecule has 0 aromatic rings. The molecule has 1 rings (SSSR count). The maximum absolute atomic E-state index is 12.0. The standard InChI is InChI=1S/C16H25NO4/c1-5-6-7-8-13-10-14(17-21-12(3)18)9-11(2)15(13)16(19)20-4/h9,13,15H,5-8,10H2,1-4H3/b17-14+/t13-,15-/m1/s1. The highest BCUT2D eigenvalue weighted by molar-refractivity contribution is 5.98. The summed E-state index contributed by atoms with van der Waals surface area (Å²) in [6, 6.07) is 0. The molecule has 0 bridgehead atoms. The summed E-state index contributed by atoms with van der Waals surface area (Å²) < 4.78 is 4.93. The van der Waals surface area contributed by atoms with E-state index in [9.17, 15) is 9.59 Å². The maximum Gasteiger partial charge on any atom is 0.331 e. The van der Waals surface area contributed by atoms with Crippen molar-refractivity contribution in [2.24, 2.45) is 17.0 Å². The van der Waals surface area contributed by atoms with Gasteiger partial charge in [0.05, 0.1) is 18.7 Å². The smallest absolute Gasteiger partial charge is 0.331 e. The molecule has 0 saturated heterocycles. The number of unbranched alkanes of at least 4 members (excludes halogenated alkanes) is 2. The van der Waals surface area contributed by atoms with Crippen molar-refractivity contribution < 1.29 is 19.2 Å². The van der Waals surface area contributed by atoms with Crippen LogP contribution in [0.5, 0.6) is 0 Å². The van der Waals surface area contributed by atoms with Crippen LogP contribution in [0.25, 0.3) is 0 Å². The Bertz CT molecular complexity index is 440. The fourth-order valence-electron chi connectivity index (χ4n) is 2.79. The Hall–Kier alpha value is -1.65. The lowest BCUT2D eigenvalue weighted by molar-refractivity contribution is -0.146. The first-order valence-corrected chi connectivity index (χ1v) is 7.50. The van der Waals surface area contributed by atoms with Crippen LogP contribution in [0.4, 0.5) is 0 Å². The molecule has 0 unspecified atom stereocenters. The second kappa shape index (κ2) is 8.60. The average molecular weight is 295 g/mol. The molecule has 1 aliphatic rings. The first-order chi connectivity index (χ1) is 9.99. The van der Waals surface area contributed by atoms with Gasteiger partial charge in [0, 0.05) is 6.92 Å². The monoisotopic (exact) mass is 295 g/mol. The first-order valence-electron chi connectivity index (χ1n) is 7.50. The normalized spacial score (nSPS) is 23.6. The zero-order valence-corrected chi connectivity index (χ0v) is 13.3. The zero-order chi connectivity index (χ0) is 15.8. The number of esters is 1. The SMILES string of the molecule is CCCCC[C@@H]1C/C(=N/OC(C)=O)C=C(C)[C@H]1C(=O)OC. The summed E-state index contributed by atoms with van der Waals surface area (Å²) >= 11 is 0. The fourth-order valence-corrected chi connectivity index (χ4v) is 2.79. The molecule has 21 heavy (non-hydrogen) atoms. The van der Waals surface area contributed by atoms with Crippen molar-refractivity contribution in [2.45, 2.75) is 52.9 Å². The van der Waals surface area contributed by atoms with Crippen LogP contribution < -0.4 is 0 Å². The third-order valence-corrected chi connectivity index (χ3v) is 3.75. The Morgan fingerprint density at radius 1 is 1.38 bits per heavy atom. The number of nitrogens with zero attached hydrogens (tertiary/aromatic N) is 1. The van der Waals surface area contributed by atoms with Gasteiger partial charge < -0.3 is 9.57 Å². The van der Waals surface area contributed by atoms with Gasteiger partial charge in [-0.3, -0.25) is 4.79 Å². The second-order valence-electron chi connectivity index (χ2n) is 5.51. The largest absolute Gasteiger partial charge is 0.469 e. The highest BCUT2D eigenvalue weighted by Gasteiger charge is 2.34. The molecular weight excluding hydrogens is 270 g/mol. The number of carbonyl (C=O) groups is 2. The lowest BCUT2D eigenvalue weighted by atomic mass is 9.75. The number of allylic oxidation sites excluding steroid dienone is 1. The van der Waals surface area contributed by atoms with E-state index in [-0.39, 0.29) is 17.8 Å². The highest BCUT2D eigenvalue weighted by Crippen LogP contribution is 2.34. The third-order valence-electron chi connectivity index (χ3n) is 3.75. The van der Waals surface area contributed by atoms with Crippen LogP contribution in [-0.4, -0.2) is 24.8 Å². The van der Waals surface area contributed by atoms with Crippen LogP contribution in [0.1, 0.15) is 52.9 Å². The highest BCUT2D eigenvalue weighted by atomic mass is 16.7. The molecule has 0 fully saturated rings. The Balaban J connectivity index is 2.89. The Morgan fingerprint density at radius 3 is 2.67 bits per heavy atom. The molecule has 0 amide bonds. The number of ether oxygens (including phenoxy) is 1. The molecule has 0 aromatic carbocycles. The Kier molecular flexibility index (Phi) is 7.12. The Labute approximate surface area is 126 Å². The van der Waals surface area contributed by atoms with E-state index < -0.39 is 5.97 Å². The molecule has 0 heterocycles. The van der Waals surface area contributed by atoms with Crippen molar-refractivity contribution in [3.63, 3.8) is 0 Å². The fraction of sp³-hybridized carbons (Fsp3) is 0.688. The van der Waals surface area contributed by atoms with Gasteiger partial charge in [-0.2, -0.15) is 0 Å². The zero-order valence-electron chi connectivity index (χ0n) is 13.3. The number of carbonyl (C=O) groups excluding carboxylic acids is 2. The summed E-state index contributed by atoms with van der Waals surface area (Å²) in [5.74, 6) is -0.700. The van der Waals surface area contributed by atoms with Gasteiger partial charge >= 0.3 is 11.9 Å². The number of hydrogen-bond acceptors (Lipinski definition) is 5. The molecule has 118 valence electrons. The quantitative estimate of drug-likeness (QED) is 0.326. The van der Waals surface area contributed by atoms with E-state index in [1.165, 1.54) is 14.0 Å². The molecule has 5 nitrogen and oxygen atoms in total. The molecular formula is C16H25NO4. The summed E-state index contributed by atoms with van der Waals surface area (Å²) in [6.07, 6.45) is 6.75. The van der Waals surface area contributed by atoms with Crippen molar-refractivity contribution in [1.82, 2.24) is 0 Å². The van der Waals surface area contributed by atoms with Crippen LogP contribution in [0, 0.1) is 11.8 Å². The Morgan fingerprint density at radius 2 is 2.10 bits per heavy atom. The second-order valence-corrected chi connectivity index (χ2v) is 5.51.